The van der Waals surface area contributed by atoms with Gasteiger partial charge in [-0.05, 0) is 41.8 Å². The number of methoxy groups -OCH3 is 2. The number of amides is 2. The monoisotopic (exact) mass is 329 g/mol. The van der Waals surface area contributed by atoms with Crippen LogP contribution >= 0.6 is 0 Å². The molecule has 2 aromatic rings. The largest absolute Gasteiger partial charge is 0.493 e. The fourth-order valence-electron chi connectivity index (χ4n) is 2.26. The quantitative estimate of drug-likeness (QED) is 0.728. The summed E-state index contributed by atoms with van der Waals surface area (Å²) < 4.78 is 10.5. The van der Waals surface area contributed by atoms with Crippen LogP contribution in [0.1, 0.15) is 11.1 Å². The summed E-state index contributed by atoms with van der Waals surface area (Å²) >= 11 is 0. The minimum atomic E-state index is -0.240. The van der Waals surface area contributed by atoms with E-state index in [2.05, 4.69) is 10.6 Å². The number of carbonyl (C=O) groups is 1. The summed E-state index contributed by atoms with van der Waals surface area (Å²) in [6.07, 6.45) is 0.694. The summed E-state index contributed by atoms with van der Waals surface area (Å²) in [7, 11) is 3.20. The van der Waals surface area contributed by atoms with Crippen LogP contribution in [0.5, 0.6) is 11.5 Å². The Balaban J connectivity index is 1.81. The van der Waals surface area contributed by atoms with Crippen molar-refractivity contribution < 1.29 is 14.3 Å². The highest BCUT2D eigenvalue weighted by Gasteiger charge is 2.05. The highest BCUT2D eigenvalue weighted by Crippen LogP contribution is 2.27. The summed E-state index contributed by atoms with van der Waals surface area (Å²) in [4.78, 5) is 11.9. The zero-order valence-corrected chi connectivity index (χ0v) is 14.0. The van der Waals surface area contributed by atoms with Crippen LogP contribution < -0.4 is 25.8 Å². The van der Waals surface area contributed by atoms with Crippen molar-refractivity contribution >= 4 is 11.7 Å². The smallest absolute Gasteiger partial charge is 0.319 e. The molecule has 0 aromatic heterocycles. The molecule has 0 aliphatic heterocycles. The Morgan fingerprint density at radius 3 is 2.29 bits per heavy atom. The van der Waals surface area contributed by atoms with Crippen molar-refractivity contribution in [2.45, 2.75) is 13.0 Å². The number of nitrogens with one attached hydrogen (secondary N) is 2. The SMILES string of the molecule is COc1ccc(CCNC(=O)Nc2ccc(CN)cc2)cc1OC. The van der Waals surface area contributed by atoms with Crippen molar-refractivity contribution in [3.8, 4) is 11.5 Å². The Morgan fingerprint density at radius 2 is 1.67 bits per heavy atom. The van der Waals surface area contributed by atoms with Crippen LogP contribution in [-0.2, 0) is 13.0 Å². The van der Waals surface area contributed by atoms with E-state index < -0.39 is 0 Å². The van der Waals surface area contributed by atoms with Gasteiger partial charge in [0.15, 0.2) is 11.5 Å². The van der Waals surface area contributed by atoms with E-state index in [1.807, 2.05) is 42.5 Å². The lowest BCUT2D eigenvalue weighted by Gasteiger charge is -2.11. The molecular formula is C18H23N3O3. The molecule has 0 heterocycles. The first-order valence-corrected chi connectivity index (χ1v) is 7.71. The van der Waals surface area contributed by atoms with Gasteiger partial charge in [0.25, 0.3) is 0 Å². The second-order valence-corrected chi connectivity index (χ2v) is 5.22. The highest BCUT2D eigenvalue weighted by molar-refractivity contribution is 5.89. The Labute approximate surface area is 142 Å². The van der Waals surface area contributed by atoms with E-state index in [-0.39, 0.29) is 6.03 Å². The van der Waals surface area contributed by atoms with Crippen LogP contribution in [0.2, 0.25) is 0 Å². The van der Waals surface area contributed by atoms with Crippen LogP contribution in [-0.4, -0.2) is 26.8 Å². The van der Waals surface area contributed by atoms with Crippen LogP contribution in [0.4, 0.5) is 10.5 Å². The normalized spacial score (nSPS) is 10.1. The molecule has 0 fully saturated rings. The minimum Gasteiger partial charge on any atom is -0.493 e. The van der Waals surface area contributed by atoms with E-state index >= 15 is 0 Å². The molecule has 4 N–H and O–H groups in total. The van der Waals surface area contributed by atoms with Gasteiger partial charge in [-0.1, -0.05) is 18.2 Å². The van der Waals surface area contributed by atoms with Gasteiger partial charge in [-0.3, -0.25) is 0 Å². The van der Waals surface area contributed by atoms with E-state index in [1.54, 1.807) is 14.2 Å². The Morgan fingerprint density at radius 1 is 1.00 bits per heavy atom. The third kappa shape index (κ3) is 4.89. The average molecular weight is 329 g/mol. The van der Waals surface area contributed by atoms with Gasteiger partial charge in [0.05, 0.1) is 14.2 Å². The molecule has 2 amide bonds. The van der Waals surface area contributed by atoms with E-state index in [0.29, 0.717) is 31.0 Å². The molecule has 6 nitrogen and oxygen atoms in total. The zero-order valence-electron chi connectivity index (χ0n) is 14.0. The number of urea groups is 1. The molecule has 0 unspecified atom stereocenters. The number of hydrogen-bond acceptors (Lipinski definition) is 4. The molecule has 0 saturated carbocycles. The summed E-state index contributed by atoms with van der Waals surface area (Å²) in [6.45, 7) is 1.00. The average Bonchev–Trinajstić information content (AvgIpc) is 2.62. The second-order valence-electron chi connectivity index (χ2n) is 5.22. The van der Waals surface area contributed by atoms with Crippen LogP contribution in [0.25, 0.3) is 0 Å². The standard InChI is InChI=1S/C18H23N3O3/c1-23-16-8-5-13(11-17(16)24-2)9-10-20-18(22)21-15-6-3-14(12-19)4-7-15/h3-8,11H,9-10,12,19H2,1-2H3,(H2,20,21,22). The van der Waals surface area contributed by atoms with Crippen molar-refractivity contribution in [2.75, 3.05) is 26.1 Å². The second kappa shape index (κ2) is 8.79. The fourth-order valence-corrected chi connectivity index (χ4v) is 2.26. The highest BCUT2D eigenvalue weighted by atomic mass is 16.5. The number of nitrogens with two attached hydrogens (primary N) is 1. The van der Waals surface area contributed by atoms with E-state index in [0.717, 1.165) is 16.8 Å². The molecule has 2 rings (SSSR count). The first-order valence-electron chi connectivity index (χ1n) is 7.71. The molecule has 0 aliphatic rings. The van der Waals surface area contributed by atoms with Gasteiger partial charge in [0.2, 0.25) is 0 Å². The summed E-state index contributed by atoms with van der Waals surface area (Å²) in [6, 6.07) is 12.9. The van der Waals surface area contributed by atoms with Gasteiger partial charge < -0.3 is 25.8 Å². The Hall–Kier alpha value is -2.73. The van der Waals surface area contributed by atoms with Crippen LogP contribution in [0.3, 0.4) is 0 Å². The Bertz CT molecular complexity index is 672. The molecule has 0 radical (unpaired) electrons. The molecule has 0 bridgehead atoms. The van der Waals surface area contributed by atoms with Crippen molar-refractivity contribution in [1.29, 1.82) is 0 Å². The third-order valence-electron chi connectivity index (χ3n) is 3.59. The Kier molecular flexibility index (Phi) is 6.45. The van der Waals surface area contributed by atoms with E-state index in [1.165, 1.54) is 0 Å². The molecule has 2 aromatic carbocycles. The predicted molar refractivity (Wildman–Crippen MR) is 94.6 cm³/mol. The number of benzene rings is 2. The lowest BCUT2D eigenvalue weighted by atomic mass is 10.1. The maximum absolute atomic E-state index is 11.9. The summed E-state index contributed by atoms with van der Waals surface area (Å²) in [5.74, 6) is 1.37. The van der Waals surface area contributed by atoms with Crippen molar-refractivity contribution in [3.05, 3.63) is 53.6 Å². The number of hydrogen-bond donors (Lipinski definition) is 3. The number of rotatable bonds is 7. The lowest BCUT2D eigenvalue weighted by molar-refractivity contribution is 0.252. The van der Waals surface area contributed by atoms with E-state index in [4.69, 9.17) is 15.2 Å². The maximum Gasteiger partial charge on any atom is 0.319 e. The molecule has 24 heavy (non-hydrogen) atoms. The lowest BCUT2D eigenvalue weighted by Crippen LogP contribution is -2.30. The topological polar surface area (TPSA) is 85.6 Å². The first kappa shape index (κ1) is 17.6. The van der Waals surface area contributed by atoms with Crippen LogP contribution in [0.15, 0.2) is 42.5 Å². The molecule has 6 heteroatoms. The van der Waals surface area contributed by atoms with Gasteiger partial charge in [-0.15, -0.1) is 0 Å². The maximum atomic E-state index is 11.9. The van der Waals surface area contributed by atoms with Gasteiger partial charge in [-0.25, -0.2) is 4.79 Å². The number of anilines is 1. The molecule has 0 saturated heterocycles. The minimum absolute atomic E-state index is 0.240. The molecular weight excluding hydrogens is 306 g/mol. The third-order valence-corrected chi connectivity index (χ3v) is 3.59. The number of carbonyl (C=O) groups excluding carboxylic acids is 1. The first-order chi connectivity index (χ1) is 11.7. The fraction of sp³-hybridized carbons (Fsp3) is 0.278. The van der Waals surface area contributed by atoms with Crippen LogP contribution in [0, 0.1) is 0 Å². The van der Waals surface area contributed by atoms with Gasteiger partial charge in [0.1, 0.15) is 0 Å². The van der Waals surface area contributed by atoms with Crippen molar-refractivity contribution in [1.82, 2.24) is 5.32 Å². The molecule has 0 atom stereocenters. The van der Waals surface area contributed by atoms with Gasteiger partial charge in [0, 0.05) is 18.8 Å². The van der Waals surface area contributed by atoms with Crippen molar-refractivity contribution in [3.63, 3.8) is 0 Å². The summed E-state index contributed by atoms with van der Waals surface area (Å²) in [5.41, 5.74) is 8.36. The van der Waals surface area contributed by atoms with Crippen molar-refractivity contribution in [2.24, 2.45) is 5.73 Å². The number of ether oxygens (including phenoxy) is 2. The summed E-state index contributed by atoms with van der Waals surface area (Å²) in [5, 5.41) is 5.61. The van der Waals surface area contributed by atoms with Gasteiger partial charge >= 0.3 is 6.03 Å². The molecule has 0 spiro atoms. The predicted octanol–water partition coefficient (Wildman–Crippen LogP) is 2.53. The zero-order chi connectivity index (χ0) is 17.4. The van der Waals surface area contributed by atoms with Gasteiger partial charge in [-0.2, -0.15) is 0 Å². The molecule has 128 valence electrons. The van der Waals surface area contributed by atoms with E-state index in [9.17, 15) is 4.79 Å². The molecule has 0 aliphatic carbocycles.